The molecule has 1 saturated heterocycles. The fourth-order valence-electron chi connectivity index (χ4n) is 7.93. The van der Waals surface area contributed by atoms with E-state index in [1.807, 2.05) is 27.7 Å². The number of hydrogen-bond acceptors (Lipinski definition) is 10. The van der Waals surface area contributed by atoms with E-state index in [9.17, 15) is 33.9 Å². The van der Waals surface area contributed by atoms with Crippen LogP contribution in [0.3, 0.4) is 0 Å². The molecule has 282 valence electrons. The van der Waals surface area contributed by atoms with Gasteiger partial charge < -0.3 is 31.1 Å². The smallest absolute Gasteiger partial charge is 0.322 e. The van der Waals surface area contributed by atoms with E-state index in [-0.39, 0.29) is 35.8 Å². The van der Waals surface area contributed by atoms with Gasteiger partial charge in [0, 0.05) is 18.9 Å². The van der Waals surface area contributed by atoms with E-state index in [4.69, 9.17) is 5.11 Å². The van der Waals surface area contributed by atoms with Gasteiger partial charge in [-0.3, -0.25) is 39.1 Å². The van der Waals surface area contributed by atoms with Crippen molar-refractivity contribution in [2.75, 3.05) is 13.1 Å². The number of carboxylic acid groups (broad SMARTS) is 1. The maximum atomic E-state index is 14.6. The quantitative estimate of drug-likeness (QED) is 0.107. The Labute approximate surface area is 299 Å². The predicted molar refractivity (Wildman–Crippen MR) is 186 cm³/mol. The zero-order valence-corrected chi connectivity index (χ0v) is 30.2. The minimum Gasteiger partial charge on any atom is -0.480 e. The molecule has 15 nitrogen and oxygen atoms in total. The summed E-state index contributed by atoms with van der Waals surface area (Å²) in [4.78, 5) is 88.2. The van der Waals surface area contributed by atoms with Gasteiger partial charge in [0.1, 0.15) is 24.5 Å². The van der Waals surface area contributed by atoms with E-state index in [2.05, 4.69) is 31.2 Å². The number of amides is 4. The van der Waals surface area contributed by atoms with Gasteiger partial charge in [-0.2, -0.15) is 0 Å². The number of aliphatic hydroxyl groups is 1. The van der Waals surface area contributed by atoms with Gasteiger partial charge in [-0.05, 0) is 55.3 Å². The van der Waals surface area contributed by atoms with Crippen LogP contribution in [-0.2, 0) is 24.0 Å². The highest BCUT2D eigenvalue weighted by Gasteiger charge is 2.52. The number of nitrogens with zero attached hydrogens (tertiary/aromatic N) is 3. The Morgan fingerprint density at radius 3 is 2.33 bits per heavy atom. The van der Waals surface area contributed by atoms with Crippen LogP contribution in [0, 0.1) is 23.2 Å². The molecule has 4 amide bonds. The highest BCUT2D eigenvalue weighted by molar-refractivity contribution is 6.38. The van der Waals surface area contributed by atoms with Crippen LogP contribution >= 0.6 is 0 Å². The van der Waals surface area contributed by atoms with E-state index in [0.717, 1.165) is 44.9 Å². The van der Waals surface area contributed by atoms with E-state index in [1.54, 1.807) is 4.90 Å². The summed E-state index contributed by atoms with van der Waals surface area (Å²) in [6, 6.07) is -3.78. The van der Waals surface area contributed by atoms with E-state index < -0.39 is 71.8 Å². The molecule has 0 radical (unpaired) electrons. The summed E-state index contributed by atoms with van der Waals surface area (Å²) in [6.07, 6.45) is 11.3. The first-order valence-corrected chi connectivity index (χ1v) is 18.4. The number of carboxylic acids is 1. The second kappa shape index (κ2) is 18.0. The molecular weight excluding hydrogens is 658 g/mol. The van der Waals surface area contributed by atoms with Gasteiger partial charge in [-0.25, -0.2) is 4.98 Å². The Bertz CT molecular complexity index is 1400. The van der Waals surface area contributed by atoms with Gasteiger partial charge >= 0.3 is 5.97 Å². The number of likely N-dealkylation sites (tertiary alicyclic amines) is 1. The fraction of sp³-hybridized carbons (Fsp3) is 0.722. The fourth-order valence-corrected chi connectivity index (χ4v) is 7.93. The molecule has 5 unspecified atom stereocenters. The highest BCUT2D eigenvalue weighted by Crippen LogP contribution is 2.43. The molecule has 3 aliphatic rings. The van der Waals surface area contributed by atoms with Crippen molar-refractivity contribution in [3.63, 3.8) is 0 Å². The molecule has 6 N–H and O–H groups in total. The molecule has 0 spiro atoms. The standard InChI is InChI=1S/C36H55N7O8/c1-5-6-15-24(29(46)34(50)39-19-26(44)45)40-33(49)28-23-14-10-13-22(23)20-43(28)35(51)30(36(2,3)4)42-32(48)27(21-11-8-7-9-12-21)41-31(47)25-18-37-16-17-38-25/h16-18,21-24,27-28,30,32,42,48H,5-15,19-20H2,1-4H3,(H,39,50)(H,40,49)(H,41,47)(H,44,45)/t22-,23-,24?,27?,28?,30?,32?/m0/s1. The molecule has 51 heavy (non-hydrogen) atoms. The first kappa shape index (κ1) is 39.8. The maximum Gasteiger partial charge on any atom is 0.322 e. The van der Waals surface area contributed by atoms with Crippen LogP contribution in [0.15, 0.2) is 18.6 Å². The number of carbonyl (C=O) groups is 6. The molecule has 7 atom stereocenters. The van der Waals surface area contributed by atoms with Gasteiger partial charge in [-0.15, -0.1) is 0 Å². The minimum absolute atomic E-state index is 0.0486. The lowest BCUT2D eigenvalue weighted by Crippen LogP contribution is -2.63. The third-order valence-electron chi connectivity index (χ3n) is 10.6. The van der Waals surface area contributed by atoms with Crippen LogP contribution in [0.1, 0.15) is 109 Å². The Morgan fingerprint density at radius 1 is 0.980 bits per heavy atom. The second-order valence-electron chi connectivity index (χ2n) is 15.3. The van der Waals surface area contributed by atoms with Gasteiger partial charge in [0.2, 0.25) is 17.6 Å². The van der Waals surface area contributed by atoms with Gasteiger partial charge in [0.25, 0.3) is 11.8 Å². The number of nitrogens with one attached hydrogen (secondary N) is 4. The Morgan fingerprint density at radius 2 is 1.71 bits per heavy atom. The number of aliphatic carboxylic acids is 1. The van der Waals surface area contributed by atoms with Crippen molar-refractivity contribution in [3.05, 3.63) is 24.3 Å². The zero-order valence-electron chi connectivity index (χ0n) is 30.2. The summed E-state index contributed by atoms with van der Waals surface area (Å²) in [7, 11) is 0. The number of Topliss-reactive ketones (excluding diaryl/α,β-unsaturated/α-hetero) is 1. The Hall–Kier alpha value is -3.98. The number of aliphatic hydroxyl groups excluding tert-OH is 1. The summed E-state index contributed by atoms with van der Waals surface area (Å²) < 4.78 is 0. The molecule has 1 aromatic heterocycles. The van der Waals surface area contributed by atoms with Crippen LogP contribution in [0.2, 0.25) is 0 Å². The van der Waals surface area contributed by atoms with Crippen molar-refractivity contribution in [1.82, 2.24) is 36.1 Å². The first-order chi connectivity index (χ1) is 24.2. The van der Waals surface area contributed by atoms with Gasteiger partial charge in [0.05, 0.1) is 24.3 Å². The molecule has 15 heteroatoms. The second-order valence-corrected chi connectivity index (χ2v) is 15.3. The monoisotopic (exact) mass is 713 g/mol. The molecular formula is C36H55N7O8. The van der Waals surface area contributed by atoms with Crippen molar-refractivity contribution >= 4 is 35.4 Å². The van der Waals surface area contributed by atoms with E-state index in [1.165, 1.54) is 18.6 Å². The molecule has 0 bridgehead atoms. The van der Waals surface area contributed by atoms with Crippen molar-refractivity contribution in [2.24, 2.45) is 23.2 Å². The number of fused-ring (bicyclic) bond motifs is 1. The summed E-state index contributed by atoms with van der Waals surface area (Å²) in [5.41, 5.74) is -0.619. The van der Waals surface area contributed by atoms with Crippen LogP contribution in [0.4, 0.5) is 0 Å². The Kier molecular flexibility index (Phi) is 14.0. The number of rotatable bonds is 16. The summed E-state index contributed by atoms with van der Waals surface area (Å²) in [5.74, 6) is -4.87. The van der Waals surface area contributed by atoms with Crippen LogP contribution in [-0.4, -0.2) is 104 Å². The normalized spacial score (nSPS) is 23.0. The third kappa shape index (κ3) is 10.3. The average molecular weight is 714 g/mol. The van der Waals surface area contributed by atoms with Crippen molar-refractivity contribution in [1.29, 1.82) is 0 Å². The Balaban J connectivity index is 1.57. The van der Waals surface area contributed by atoms with Gasteiger partial charge in [-0.1, -0.05) is 66.2 Å². The van der Waals surface area contributed by atoms with Crippen LogP contribution in [0.5, 0.6) is 0 Å². The summed E-state index contributed by atoms with van der Waals surface area (Å²) >= 11 is 0. The number of carbonyl (C=O) groups excluding carboxylic acids is 5. The molecule has 2 aliphatic carbocycles. The molecule has 3 fully saturated rings. The van der Waals surface area contributed by atoms with Gasteiger partial charge in [0.15, 0.2) is 0 Å². The van der Waals surface area contributed by atoms with Crippen molar-refractivity contribution in [3.8, 4) is 0 Å². The predicted octanol–water partition coefficient (Wildman–Crippen LogP) is 1.55. The lowest BCUT2D eigenvalue weighted by atomic mass is 9.81. The zero-order chi connectivity index (χ0) is 37.3. The number of aromatic nitrogens is 2. The van der Waals surface area contributed by atoms with E-state index in [0.29, 0.717) is 25.8 Å². The maximum absolute atomic E-state index is 14.6. The minimum atomic E-state index is -1.31. The lowest BCUT2D eigenvalue weighted by molar-refractivity contribution is -0.146. The van der Waals surface area contributed by atoms with Crippen molar-refractivity contribution < 1.29 is 39.0 Å². The SMILES string of the molecule is CCCCC(NC(=O)C1[C@H]2CCC[C@H]2CN1C(=O)C(NC(O)C(NC(=O)c1cnccn1)C1CCCCC1)C(C)(C)C)C(=O)C(=O)NCC(=O)O. The lowest BCUT2D eigenvalue weighted by Gasteiger charge is -2.40. The number of ketones is 1. The average Bonchev–Trinajstić information content (AvgIpc) is 3.71. The van der Waals surface area contributed by atoms with Crippen molar-refractivity contribution in [2.45, 2.75) is 129 Å². The number of unbranched alkanes of at least 4 members (excludes halogenated alkanes) is 1. The highest BCUT2D eigenvalue weighted by atomic mass is 16.4. The molecule has 4 rings (SSSR count). The molecule has 1 aliphatic heterocycles. The molecule has 1 aromatic rings. The van der Waals surface area contributed by atoms with Crippen LogP contribution < -0.4 is 21.3 Å². The number of hydrogen-bond donors (Lipinski definition) is 6. The molecule has 0 aromatic carbocycles. The first-order valence-electron chi connectivity index (χ1n) is 18.4. The van der Waals surface area contributed by atoms with Crippen LogP contribution in [0.25, 0.3) is 0 Å². The largest absolute Gasteiger partial charge is 0.480 e. The van der Waals surface area contributed by atoms with E-state index >= 15 is 0 Å². The summed E-state index contributed by atoms with van der Waals surface area (Å²) in [5, 5.41) is 31.7. The summed E-state index contributed by atoms with van der Waals surface area (Å²) in [6.45, 7) is 7.10. The third-order valence-corrected chi connectivity index (χ3v) is 10.6. The topological polar surface area (TPSA) is 220 Å². The molecule has 2 heterocycles. The molecule has 2 saturated carbocycles.